The summed E-state index contributed by atoms with van der Waals surface area (Å²) in [6.45, 7) is 0. The highest BCUT2D eigenvalue weighted by molar-refractivity contribution is 6.34. The first-order valence-corrected chi connectivity index (χ1v) is 3.53. The van der Waals surface area contributed by atoms with E-state index in [-0.39, 0.29) is 0 Å². The molecule has 0 aliphatic carbocycles. The van der Waals surface area contributed by atoms with Crippen molar-refractivity contribution in [2.24, 2.45) is 0 Å². The Labute approximate surface area is 68.9 Å². The molecule has 1 aromatic heterocycles. The molecule has 0 N–H and O–H groups in total. The number of para-hydroxylation sites is 1. The van der Waals surface area contributed by atoms with Crippen LogP contribution in [-0.4, -0.2) is 9.97 Å². The van der Waals surface area contributed by atoms with Crippen molar-refractivity contribution in [1.29, 1.82) is 0 Å². The lowest BCUT2D eigenvalue weighted by atomic mass is 10.3. The van der Waals surface area contributed by atoms with Gasteiger partial charge in [-0.1, -0.05) is 17.7 Å². The maximum Gasteiger partial charge on any atom is 0.109 e. The van der Waals surface area contributed by atoms with E-state index >= 15 is 0 Å². The normalized spacial score (nSPS) is 10.3. The monoisotopic (exact) mass is 163 g/mol. The first-order valence-electron chi connectivity index (χ1n) is 3.15. The molecule has 0 unspecified atom stereocenters. The Morgan fingerprint density at radius 2 is 2.27 bits per heavy atom. The minimum absolute atomic E-state index is 0.629. The van der Waals surface area contributed by atoms with E-state index in [9.17, 15) is 0 Å². The molecule has 0 aliphatic rings. The van der Waals surface area contributed by atoms with Crippen molar-refractivity contribution in [3.63, 3.8) is 0 Å². The molecule has 1 heterocycles. The fourth-order valence-corrected chi connectivity index (χ4v) is 1.13. The van der Waals surface area contributed by atoms with Gasteiger partial charge in [-0.3, -0.25) is 4.98 Å². The molecule has 2 nitrogen and oxygen atoms in total. The molecule has 1 radical (unpaired) electrons. The average Bonchev–Trinajstić information content (AvgIpc) is 2.06. The summed E-state index contributed by atoms with van der Waals surface area (Å²) in [5, 5.41) is 0.629. The summed E-state index contributed by atoms with van der Waals surface area (Å²) in [6, 6.07) is 5.48. The molecular weight excluding hydrogens is 160 g/mol. The molecule has 0 fully saturated rings. The van der Waals surface area contributed by atoms with Crippen LogP contribution in [0.25, 0.3) is 11.0 Å². The number of rotatable bonds is 0. The van der Waals surface area contributed by atoms with Gasteiger partial charge in [-0.25, -0.2) is 4.98 Å². The summed E-state index contributed by atoms with van der Waals surface area (Å²) in [7, 11) is 0. The molecule has 0 amide bonds. The zero-order chi connectivity index (χ0) is 7.68. The van der Waals surface area contributed by atoms with Gasteiger partial charge in [0, 0.05) is 0 Å². The number of halogens is 1. The summed E-state index contributed by atoms with van der Waals surface area (Å²) in [5.41, 5.74) is 1.51. The van der Waals surface area contributed by atoms with E-state index < -0.39 is 0 Å². The standard InChI is InChI=1S/C8H4ClN2/c9-6-2-1-3-7-8(6)11-5-4-10-7/h1-3,5H. The smallest absolute Gasteiger partial charge is 0.109 e. The van der Waals surface area contributed by atoms with Crippen LogP contribution >= 0.6 is 11.6 Å². The third-order valence-electron chi connectivity index (χ3n) is 1.40. The Kier molecular flexibility index (Phi) is 1.47. The SMILES string of the molecule is Clc1cccc2n[c]cnc12. The van der Waals surface area contributed by atoms with Gasteiger partial charge < -0.3 is 0 Å². The Hall–Kier alpha value is -1.15. The molecule has 0 spiro atoms. The summed E-state index contributed by atoms with van der Waals surface area (Å²) >= 11 is 5.84. The number of fused-ring (bicyclic) bond motifs is 1. The largest absolute Gasteiger partial charge is 0.251 e. The zero-order valence-electron chi connectivity index (χ0n) is 5.58. The predicted octanol–water partition coefficient (Wildman–Crippen LogP) is 2.08. The summed E-state index contributed by atoms with van der Waals surface area (Å²) in [5.74, 6) is 0. The van der Waals surface area contributed by atoms with Gasteiger partial charge in [-0.2, -0.15) is 0 Å². The van der Waals surface area contributed by atoms with Gasteiger partial charge in [0.15, 0.2) is 0 Å². The van der Waals surface area contributed by atoms with Gasteiger partial charge in [-0.05, 0) is 12.1 Å². The molecule has 0 aliphatic heterocycles. The third-order valence-corrected chi connectivity index (χ3v) is 1.71. The van der Waals surface area contributed by atoms with E-state index in [4.69, 9.17) is 11.6 Å². The van der Waals surface area contributed by atoms with Gasteiger partial charge >= 0.3 is 0 Å². The van der Waals surface area contributed by atoms with Crippen LogP contribution in [0.3, 0.4) is 0 Å². The van der Waals surface area contributed by atoms with E-state index in [2.05, 4.69) is 16.2 Å². The molecule has 3 heteroatoms. The number of hydrogen-bond acceptors (Lipinski definition) is 2. The second kappa shape index (κ2) is 2.47. The molecule has 2 aromatic rings. The van der Waals surface area contributed by atoms with Gasteiger partial charge in [-0.15, -0.1) is 0 Å². The quantitative estimate of drug-likeness (QED) is 0.594. The van der Waals surface area contributed by atoms with Crippen molar-refractivity contribution < 1.29 is 0 Å². The predicted molar refractivity (Wildman–Crippen MR) is 43.4 cm³/mol. The molecule has 0 saturated heterocycles. The maximum absolute atomic E-state index is 5.84. The van der Waals surface area contributed by atoms with Crippen molar-refractivity contribution in [3.8, 4) is 0 Å². The lowest BCUT2D eigenvalue weighted by Crippen LogP contribution is -1.81. The van der Waals surface area contributed by atoms with E-state index in [0.29, 0.717) is 5.02 Å². The summed E-state index contributed by atoms with van der Waals surface area (Å²) in [4.78, 5) is 8.00. The minimum Gasteiger partial charge on any atom is -0.251 e. The van der Waals surface area contributed by atoms with Crippen molar-refractivity contribution >= 4 is 22.6 Å². The Balaban J connectivity index is 2.91. The van der Waals surface area contributed by atoms with Crippen LogP contribution in [0.4, 0.5) is 0 Å². The van der Waals surface area contributed by atoms with Gasteiger partial charge in [0.25, 0.3) is 0 Å². The van der Waals surface area contributed by atoms with Gasteiger partial charge in [0.1, 0.15) is 11.7 Å². The van der Waals surface area contributed by atoms with Crippen molar-refractivity contribution in [1.82, 2.24) is 9.97 Å². The molecule has 0 saturated carbocycles. The highest BCUT2D eigenvalue weighted by atomic mass is 35.5. The molecule has 11 heavy (non-hydrogen) atoms. The van der Waals surface area contributed by atoms with Crippen LogP contribution < -0.4 is 0 Å². The number of hydrogen-bond donors (Lipinski definition) is 0. The first kappa shape index (κ1) is 6.55. The molecule has 1 aromatic carbocycles. The van der Waals surface area contributed by atoms with E-state index in [1.807, 2.05) is 12.1 Å². The highest BCUT2D eigenvalue weighted by Gasteiger charge is 1.97. The zero-order valence-corrected chi connectivity index (χ0v) is 6.34. The first-order chi connectivity index (χ1) is 5.38. The van der Waals surface area contributed by atoms with Gasteiger partial charge in [0.05, 0.1) is 16.7 Å². The van der Waals surface area contributed by atoms with Crippen LogP contribution in [0.15, 0.2) is 24.4 Å². The van der Waals surface area contributed by atoms with Crippen LogP contribution in [0.2, 0.25) is 5.02 Å². The Morgan fingerprint density at radius 3 is 3.09 bits per heavy atom. The van der Waals surface area contributed by atoms with Crippen LogP contribution in [-0.2, 0) is 0 Å². The topological polar surface area (TPSA) is 25.8 Å². The van der Waals surface area contributed by atoms with Crippen LogP contribution in [0.1, 0.15) is 0 Å². The van der Waals surface area contributed by atoms with E-state index in [0.717, 1.165) is 11.0 Å². The van der Waals surface area contributed by atoms with Crippen molar-refractivity contribution in [3.05, 3.63) is 35.6 Å². The number of nitrogens with zero attached hydrogens (tertiary/aromatic N) is 2. The minimum atomic E-state index is 0.629. The fourth-order valence-electron chi connectivity index (χ4n) is 0.914. The van der Waals surface area contributed by atoms with Crippen molar-refractivity contribution in [2.75, 3.05) is 0 Å². The molecule has 2 rings (SSSR count). The lowest BCUT2D eigenvalue weighted by Gasteiger charge is -1.94. The second-order valence-corrected chi connectivity index (χ2v) is 2.51. The fraction of sp³-hybridized carbons (Fsp3) is 0. The average molecular weight is 164 g/mol. The molecule has 0 atom stereocenters. The van der Waals surface area contributed by atoms with E-state index in [1.165, 1.54) is 6.20 Å². The summed E-state index contributed by atoms with van der Waals surface area (Å²) < 4.78 is 0. The van der Waals surface area contributed by atoms with Crippen LogP contribution in [0, 0.1) is 6.20 Å². The molecule has 53 valence electrons. The molecular formula is C8H4ClN2. The Bertz CT molecular complexity index is 381. The highest BCUT2D eigenvalue weighted by Crippen LogP contribution is 2.17. The number of benzene rings is 1. The van der Waals surface area contributed by atoms with Gasteiger partial charge in [0.2, 0.25) is 0 Å². The number of aromatic nitrogens is 2. The maximum atomic E-state index is 5.84. The summed E-state index contributed by atoms with van der Waals surface area (Å²) in [6.07, 6.45) is 4.15. The third kappa shape index (κ3) is 1.05. The second-order valence-electron chi connectivity index (χ2n) is 2.11. The van der Waals surface area contributed by atoms with Crippen molar-refractivity contribution in [2.45, 2.75) is 0 Å². The molecule has 0 bridgehead atoms. The lowest BCUT2D eigenvalue weighted by molar-refractivity contribution is 1.28. The Morgan fingerprint density at radius 1 is 1.36 bits per heavy atom. The van der Waals surface area contributed by atoms with E-state index in [1.54, 1.807) is 6.07 Å². The van der Waals surface area contributed by atoms with Crippen LogP contribution in [0.5, 0.6) is 0 Å².